The van der Waals surface area contributed by atoms with Crippen molar-refractivity contribution >= 4 is 0 Å². The van der Waals surface area contributed by atoms with Crippen molar-refractivity contribution in [1.29, 1.82) is 0 Å². The summed E-state index contributed by atoms with van der Waals surface area (Å²) in [5, 5.41) is 7.25. The lowest BCUT2D eigenvalue weighted by atomic mass is 9.88. The van der Waals surface area contributed by atoms with E-state index in [4.69, 9.17) is 0 Å². The van der Waals surface area contributed by atoms with E-state index in [1.165, 1.54) is 77.2 Å². The first-order chi connectivity index (χ1) is 8.83. The Hall–Kier alpha value is -0.0800. The second-order valence-electron chi connectivity index (χ2n) is 6.02. The van der Waals surface area contributed by atoms with Gasteiger partial charge in [0.25, 0.3) is 0 Å². The molecule has 1 unspecified atom stereocenters. The van der Waals surface area contributed by atoms with Crippen LogP contribution in [0.25, 0.3) is 0 Å². The fraction of sp³-hybridized carbons (Fsp3) is 1.00. The maximum atomic E-state index is 3.86. The fourth-order valence-corrected chi connectivity index (χ4v) is 3.18. The van der Waals surface area contributed by atoms with Gasteiger partial charge in [-0.1, -0.05) is 58.3 Å². The Kier molecular flexibility index (Phi) is 8.70. The van der Waals surface area contributed by atoms with Crippen LogP contribution in [0.1, 0.15) is 77.6 Å². The average molecular weight is 254 g/mol. The topological polar surface area (TPSA) is 24.1 Å². The highest BCUT2D eigenvalue weighted by atomic mass is 15.0. The number of rotatable bonds is 3. The molecule has 1 heterocycles. The van der Waals surface area contributed by atoms with Gasteiger partial charge in [0, 0.05) is 12.1 Å². The normalized spacial score (nSPS) is 29.0. The summed E-state index contributed by atoms with van der Waals surface area (Å²) in [4.78, 5) is 0. The molecule has 1 aliphatic heterocycles. The molecular weight excluding hydrogens is 220 g/mol. The highest BCUT2D eigenvalue weighted by Crippen LogP contribution is 2.21. The van der Waals surface area contributed by atoms with Gasteiger partial charge in [-0.05, 0) is 32.9 Å². The molecule has 1 rings (SSSR count). The van der Waals surface area contributed by atoms with Crippen LogP contribution in [0.3, 0.4) is 0 Å². The molecule has 2 heteroatoms. The minimum Gasteiger partial charge on any atom is -0.318 e. The number of nitrogens with one attached hydrogen (secondary N) is 2. The average Bonchev–Trinajstić information content (AvgIpc) is 2.41. The maximum Gasteiger partial charge on any atom is 0.0303 e. The summed E-state index contributed by atoms with van der Waals surface area (Å²) in [7, 11) is 2.08. The van der Waals surface area contributed by atoms with Crippen LogP contribution in [0.4, 0.5) is 0 Å². The van der Waals surface area contributed by atoms with Crippen LogP contribution >= 0.6 is 0 Å². The van der Waals surface area contributed by atoms with Gasteiger partial charge in [0.1, 0.15) is 0 Å². The van der Waals surface area contributed by atoms with E-state index in [1.54, 1.807) is 0 Å². The lowest BCUT2D eigenvalue weighted by molar-refractivity contribution is 0.272. The van der Waals surface area contributed by atoms with Crippen molar-refractivity contribution < 1.29 is 0 Å². The van der Waals surface area contributed by atoms with Crippen LogP contribution < -0.4 is 10.6 Å². The Morgan fingerprint density at radius 3 is 2.00 bits per heavy atom. The third kappa shape index (κ3) is 6.19. The van der Waals surface area contributed by atoms with Gasteiger partial charge in [0.2, 0.25) is 0 Å². The van der Waals surface area contributed by atoms with Crippen LogP contribution in [0.5, 0.6) is 0 Å². The molecule has 0 aromatic rings. The molecule has 1 aliphatic rings. The molecule has 0 spiro atoms. The van der Waals surface area contributed by atoms with Gasteiger partial charge in [0.05, 0.1) is 0 Å². The Morgan fingerprint density at radius 1 is 0.889 bits per heavy atom. The zero-order chi connectivity index (χ0) is 13.1. The quantitative estimate of drug-likeness (QED) is 0.799. The summed E-state index contributed by atoms with van der Waals surface area (Å²) in [5.74, 6) is 0. The lowest BCUT2D eigenvalue weighted by Crippen LogP contribution is -2.51. The Morgan fingerprint density at radius 2 is 1.44 bits per heavy atom. The summed E-state index contributed by atoms with van der Waals surface area (Å²) in [5.41, 5.74) is 0.350. The molecule has 1 saturated heterocycles. The third-order valence-corrected chi connectivity index (χ3v) is 4.52. The number of likely N-dealkylation sites (N-methyl/N-ethyl adjacent to an activating group) is 1. The van der Waals surface area contributed by atoms with Crippen molar-refractivity contribution in [2.24, 2.45) is 0 Å². The van der Waals surface area contributed by atoms with Crippen molar-refractivity contribution in [3.05, 3.63) is 0 Å². The van der Waals surface area contributed by atoms with Gasteiger partial charge >= 0.3 is 0 Å². The molecule has 0 aliphatic carbocycles. The smallest absolute Gasteiger partial charge is 0.0303 e. The second-order valence-corrected chi connectivity index (χ2v) is 6.02. The molecule has 1 fully saturated rings. The van der Waals surface area contributed by atoms with Crippen LogP contribution in [-0.2, 0) is 0 Å². The summed E-state index contributed by atoms with van der Waals surface area (Å²) in [6.45, 7) is 4.65. The molecule has 0 saturated carbocycles. The van der Waals surface area contributed by atoms with Crippen molar-refractivity contribution in [3.8, 4) is 0 Å². The summed E-state index contributed by atoms with van der Waals surface area (Å²) in [6.07, 6.45) is 15.4. The molecule has 2 nitrogen and oxygen atoms in total. The Balaban J connectivity index is 2.45. The highest BCUT2D eigenvalue weighted by molar-refractivity contribution is 4.88. The van der Waals surface area contributed by atoms with Crippen LogP contribution in [0.2, 0.25) is 0 Å². The summed E-state index contributed by atoms with van der Waals surface area (Å²) >= 11 is 0. The first kappa shape index (κ1) is 16.0. The molecule has 18 heavy (non-hydrogen) atoms. The zero-order valence-corrected chi connectivity index (χ0v) is 12.7. The van der Waals surface area contributed by atoms with Crippen molar-refractivity contribution in [1.82, 2.24) is 10.6 Å². The van der Waals surface area contributed by atoms with E-state index < -0.39 is 0 Å². The monoisotopic (exact) mass is 254 g/mol. The first-order valence-corrected chi connectivity index (χ1v) is 8.22. The molecule has 1 atom stereocenters. The van der Waals surface area contributed by atoms with Gasteiger partial charge in [0.15, 0.2) is 0 Å². The van der Waals surface area contributed by atoms with E-state index in [9.17, 15) is 0 Å². The summed E-state index contributed by atoms with van der Waals surface area (Å²) < 4.78 is 0. The van der Waals surface area contributed by atoms with E-state index in [1.807, 2.05) is 0 Å². The van der Waals surface area contributed by atoms with Crippen molar-refractivity contribution in [2.45, 2.75) is 83.1 Å². The molecular formula is C16H34N2. The second kappa shape index (κ2) is 9.80. The van der Waals surface area contributed by atoms with Crippen molar-refractivity contribution in [2.75, 3.05) is 20.1 Å². The Bertz CT molecular complexity index is 178. The molecule has 0 amide bonds. The van der Waals surface area contributed by atoms with E-state index in [0.717, 1.165) is 6.54 Å². The largest absolute Gasteiger partial charge is 0.318 e. The minimum absolute atomic E-state index is 0.350. The van der Waals surface area contributed by atoms with E-state index in [2.05, 4.69) is 24.6 Å². The predicted molar refractivity (Wildman–Crippen MR) is 81.1 cm³/mol. The lowest BCUT2D eigenvalue weighted by Gasteiger charge is -2.34. The molecule has 2 N–H and O–H groups in total. The maximum absolute atomic E-state index is 3.86. The van der Waals surface area contributed by atoms with E-state index >= 15 is 0 Å². The van der Waals surface area contributed by atoms with Crippen LogP contribution in [-0.4, -0.2) is 25.7 Å². The van der Waals surface area contributed by atoms with Gasteiger partial charge < -0.3 is 10.6 Å². The molecule has 0 aromatic carbocycles. The van der Waals surface area contributed by atoms with E-state index in [-0.39, 0.29) is 0 Å². The molecule has 0 aromatic heterocycles. The minimum atomic E-state index is 0.350. The van der Waals surface area contributed by atoms with Gasteiger partial charge in [-0.3, -0.25) is 0 Å². The number of hydrogen-bond donors (Lipinski definition) is 2. The zero-order valence-electron chi connectivity index (χ0n) is 12.7. The fourth-order valence-electron chi connectivity index (χ4n) is 3.18. The van der Waals surface area contributed by atoms with Crippen molar-refractivity contribution in [3.63, 3.8) is 0 Å². The molecule has 108 valence electrons. The van der Waals surface area contributed by atoms with Crippen LogP contribution in [0, 0.1) is 0 Å². The van der Waals surface area contributed by atoms with Gasteiger partial charge in [-0.2, -0.15) is 0 Å². The van der Waals surface area contributed by atoms with Crippen LogP contribution in [0.15, 0.2) is 0 Å². The summed E-state index contributed by atoms with van der Waals surface area (Å²) in [6, 6.07) is 0. The Labute approximate surface area is 114 Å². The predicted octanol–water partition coefficient (Wildman–Crippen LogP) is 3.86. The van der Waals surface area contributed by atoms with E-state index in [0.29, 0.717) is 5.54 Å². The van der Waals surface area contributed by atoms with Gasteiger partial charge in [-0.25, -0.2) is 0 Å². The number of hydrogen-bond acceptors (Lipinski definition) is 2. The highest BCUT2D eigenvalue weighted by Gasteiger charge is 2.25. The standard InChI is InChI=1S/C16H34N2/c1-3-16(15-17-2)13-11-9-7-5-4-6-8-10-12-14-18-16/h17-18H,3-15H2,1-2H3. The first-order valence-electron chi connectivity index (χ1n) is 8.22. The third-order valence-electron chi connectivity index (χ3n) is 4.52. The molecule has 0 bridgehead atoms. The molecule has 0 radical (unpaired) electrons. The SMILES string of the molecule is CCC1(CNC)CCCCCCCCCCCN1. The van der Waals surface area contributed by atoms with Gasteiger partial charge in [-0.15, -0.1) is 0 Å².